The molecule has 0 amide bonds. The van der Waals surface area contributed by atoms with Crippen molar-refractivity contribution in [2.24, 2.45) is 0 Å². The summed E-state index contributed by atoms with van der Waals surface area (Å²) in [5.74, 6) is 0.675. The average Bonchev–Trinajstić information content (AvgIpc) is 3.67. The second kappa shape index (κ2) is 11.0. The van der Waals surface area contributed by atoms with E-state index in [0.29, 0.717) is 5.95 Å². The molecule has 9 aromatic rings. The number of fused-ring (bicyclic) bond motifs is 7. The lowest BCUT2D eigenvalue weighted by Gasteiger charge is -2.19. The van der Waals surface area contributed by atoms with E-state index in [1.165, 1.54) is 47.6 Å². The van der Waals surface area contributed by atoms with Gasteiger partial charge in [0.15, 0.2) is 0 Å². The Bertz CT molecular complexity index is 2620. The minimum Gasteiger partial charge on any atom is -0.276 e. The molecular weight excluding hydrogens is 603 g/mol. The summed E-state index contributed by atoms with van der Waals surface area (Å²) in [7, 11) is 0. The Balaban J connectivity index is 1.36. The fourth-order valence-corrected chi connectivity index (χ4v) is 8.10. The molecule has 0 spiro atoms. The molecule has 0 fully saturated rings. The van der Waals surface area contributed by atoms with E-state index in [9.17, 15) is 0 Å². The van der Waals surface area contributed by atoms with Gasteiger partial charge in [0.05, 0.1) is 27.1 Å². The summed E-state index contributed by atoms with van der Waals surface area (Å²) in [6.07, 6.45) is 0. The van der Waals surface area contributed by atoms with Crippen molar-refractivity contribution in [3.63, 3.8) is 0 Å². The van der Waals surface area contributed by atoms with E-state index in [1.807, 2.05) is 17.4 Å². The van der Waals surface area contributed by atoms with Crippen molar-refractivity contribution >= 4 is 53.3 Å². The topological polar surface area (TPSA) is 30.7 Å². The number of hydrogen-bond acceptors (Lipinski definition) is 3. The van der Waals surface area contributed by atoms with Crippen molar-refractivity contribution in [1.82, 2.24) is 14.5 Å². The second-order valence-electron chi connectivity index (χ2n) is 13.5. The normalized spacial score (nSPS) is 12.1. The van der Waals surface area contributed by atoms with Crippen LogP contribution in [0.1, 0.15) is 26.3 Å². The number of hydrogen-bond donors (Lipinski definition) is 0. The van der Waals surface area contributed by atoms with Gasteiger partial charge in [-0.15, -0.1) is 11.3 Å². The van der Waals surface area contributed by atoms with E-state index in [-0.39, 0.29) is 5.41 Å². The maximum Gasteiger partial charge on any atom is 0.235 e. The second-order valence-corrected chi connectivity index (χ2v) is 14.6. The molecule has 0 atom stereocenters. The van der Waals surface area contributed by atoms with Crippen LogP contribution in [0.4, 0.5) is 0 Å². The zero-order valence-corrected chi connectivity index (χ0v) is 27.9. The van der Waals surface area contributed by atoms with Crippen LogP contribution < -0.4 is 0 Å². The van der Waals surface area contributed by atoms with Gasteiger partial charge in [-0.25, -0.2) is 9.97 Å². The molecule has 0 N–H and O–H groups in total. The minimum atomic E-state index is -0.0131. The minimum absolute atomic E-state index is 0.0131. The Morgan fingerprint density at radius 1 is 0.500 bits per heavy atom. The van der Waals surface area contributed by atoms with Gasteiger partial charge in [0.2, 0.25) is 5.95 Å². The van der Waals surface area contributed by atoms with Crippen LogP contribution in [0.3, 0.4) is 0 Å². The largest absolute Gasteiger partial charge is 0.276 e. The molecule has 9 rings (SSSR count). The Hall–Kier alpha value is -5.58. The number of nitrogens with zero attached hydrogens (tertiary/aromatic N) is 3. The molecule has 3 nitrogen and oxygen atoms in total. The molecule has 3 heterocycles. The number of benzene rings is 6. The van der Waals surface area contributed by atoms with Crippen LogP contribution in [0.15, 0.2) is 146 Å². The zero-order valence-electron chi connectivity index (χ0n) is 27.1. The average molecular weight is 636 g/mol. The quantitative estimate of drug-likeness (QED) is 0.193. The van der Waals surface area contributed by atoms with Gasteiger partial charge in [-0.2, -0.15) is 0 Å². The highest BCUT2D eigenvalue weighted by Crippen LogP contribution is 2.43. The van der Waals surface area contributed by atoms with Crippen molar-refractivity contribution in [1.29, 1.82) is 0 Å². The Morgan fingerprint density at radius 3 is 1.77 bits per heavy atom. The molecular formula is C44H33N3S. The molecule has 0 aliphatic heterocycles. The fourth-order valence-electron chi connectivity index (χ4n) is 6.86. The third-order valence-corrected chi connectivity index (χ3v) is 10.6. The van der Waals surface area contributed by atoms with Gasteiger partial charge < -0.3 is 0 Å². The zero-order chi connectivity index (χ0) is 32.4. The van der Waals surface area contributed by atoms with Crippen LogP contribution in [-0.2, 0) is 5.41 Å². The first-order valence-corrected chi connectivity index (χ1v) is 17.2. The van der Waals surface area contributed by atoms with Crippen LogP contribution in [0, 0.1) is 0 Å². The lowest BCUT2D eigenvalue weighted by atomic mass is 9.86. The van der Waals surface area contributed by atoms with E-state index in [0.717, 1.165) is 33.5 Å². The highest BCUT2D eigenvalue weighted by atomic mass is 32.1. The summed E-state index contributed by atoms with van der Waals surface area (Å²) in [5, 5.41) is 4.97. The molecule has 0 aliphatic rings. The van der Waals surface area contributed by atoms with Gasteiger partial charge in [0, 0.05) is 37.4 Å². The van der Waals surface area contributed by atoms with Crippen LogP contribution in [-0.4, -0.2) is 14.5 Å². The highest BCUT2D eigenvalue weighted by Gasteiger charge is 2.23. The predicted octanol–water partition coefficient (Wildman–Crippen LogP) is 12.2. The Kier molecular flexibility index (Phi) is 6.56. The van der Waals surface area contributed by atoms with Gasteiger partial charge in [-0.05, 0) is 40.3 Å². The third-order valence-electron chi connectivity index (χ3n) is 9.41. The SMILES string of the molecule is CC(C)(C)c1ccc2c3ccc4c5ccccc5sc4c3n(-c3nc(-c4ccccc4)cc(-c4ccc(-c5ccccc5)cc4)n3)c2c1. The van der Waals surface area contributed by atoms with Gasteiger partial charge in [-0.3, -0.25) is 4.57 Å². The van der Waals surface area contributed by atoms with Crippen molar-refractivity contribution in [2.75, 3.05) is 0 Å². The van der Waals surface area contributed by atoms with E-state index < -0.39 is 0 Å². The van der Waals surface area contributed by atoms with Gasteiger partial charge in [0.25, 0.3) is 0 Å². The number of thiophene rings is 1. The van der Waals surface area contributed by atoms with E-state index in [2.05, 4.69) is 165 Å². The molecule has 230 valence electrons. The van der Waals surface area contributed by atoms with Gasteiger partial charge in [0.1, 0.15) is 0 Å². The first-order chi connectivity index (χ1) is 23.4. The molecule has 4 heteroatoms. The summed E-state index contributed by atoms with van der Waals surface area (Å²) in [6.45, 7) is 6.82. The third kappa shape index (κ3) is 4.71. The molecule has 0 unspecified atom stereocenters. The number of rotatable bonds is 4. The lowest BCUT2D eigenvalue weighted by Crippen LogP contribution is -2.11. The first kappa shape index (κ1) is 28.6. The molecule has 0 saturated carbocycles. The maximum atomic E-state index is 5.38. The lowest BCUT2D eigenvalue weighted by molar-refractivity contribution is 0.591. The first-order valence-electron chi connectivity index (χ1n) is 16.4. The Morgan fingerprint density at radius 2 is 1.06 bits per heavy atom. The summed E-state index contributed by atoms with van der Waals surface area (Å²) >= 11 is 1.85. The molecule has 0 bridgehead atoms. The summed E-state index contributed by atoms with van der Waals surface area (Å²) in [4.78, 5) is 10.7. The molecule has 48 heavy (non-hydrogen) atoms. The van der Waals surface area contributed by atoms with E-state index in [4.69, 9.17) is 9.97 Å². The molecule has 6 aromatic carbocycles. The monoisotopic (exact) mass is 635 g/mol. The van der Waals surface area contributed by atoms with Crippen LogP contribution in [0.2, 0.25) is 0 Å². The summed E-state index contributed by atoms with van der Waals surface area (Å²) in [6, 6.07) is 52.0. The van der Waals surface area contributed by atoms with Crippen LogP contribution in [0.25, 0.3) is 81.6 Å². The van der Waals surface area contributed by atoms with E-state index in [1.54, 1.807) is 0 Å². The van der Waals surface area contributed by atoms with Gasteiger partial charge >= 0.3 is 0 Å². The van der Waals surface area contributed by atoms with Crippen LogP contribution in [0.5, 0.6) is 0 Å². The van der Waals surface area contributed by atoms with Crippen molar-refractivity contribution in [2.45, 2.75) is 26.2 Å². The van der Waals surface area contributed by atoms with Crippen molar-refractivity contribution < 1.29 is 0 Å². The van der Waals surface area contributed by atoms with Crippen molar-refractivity contribution in [3.8, 4) is 39.6 Å². The molecule has 0 saturated heterocycles. The van der Waals surface area contributed by atoms with Crippen LogP contribution >= 0.6 is 11.3 Å². The molecule has 3 aromatic heterocycles. The molecule has 0 radical (unpaired) electrons. The summed E-state index contributed by atoms with van der Waals surface area (Å²) in [5.41, 5.74) is 9.83. The summed E-state index contributed by atoms with van der Waals surface area (Å²) < 4.78 is 4.86. The van der Waals surface area contributed by atoms with Gasteiger partial charge in [-0.1, -0.05) is 148 Å². The highest BCUT2D eigenvalue weighted by molar-refractivity contribution is 7.26. The van der Waals surface area contributed by atoms with E-state index >= 15 is 0 Å². The maximum absolute atomic E-state index is 5.38. The van der Waals surface area contributed by atoms with Crippen molar-refractivity contribution in [3.05, 3.63) is 151 Å². The fraction of sp³-hybridized carbons (Fsp3) is 0.0909. The molecule has 0 aliphatic carbocycles. The smallest absolute Gasteiger partial charge is 0.235 e. The Labute approximate surface area is 283 Å². The predicted molar refractivity (Wildman–Crippen MR) is 204 cm³/mol. The standard InChI is InChI=1S/C44H33N3S/c1-44(2,3)32-22-23-33-35-24-25-36-34-16-10-11-17-40(34)48-42(36)41(35)47(39(33)26-32)43-45-37(30-14-8-5-9-15-30)27-38(46-43)31-20-18-29(19-21-31)28-12-6-4-7-13-28/h4-27H,1-3H3. The number of aromatic nitrogens is 3.